The molecule has 5 nitrogen and oxygen atoms in total. The highest BCUT2D eigenvalue weighted by molar-refractivity contribution is 5.77. The van der Waals surface area contributed by atoms with Crippen LogP contribution < -0.4 is 16.1 Å². The molecular formula is C28H33N3O2. The molecule has 3 aromatic rings. The Morgan fingerprint density at radius 2 is 1.79 bits per heavy atom. The number of allylic oxidation sites excluding steroid dienone is 2. The van der Waals surface area contributed by atoms with Crippen LogP contribution >= 0.6 is 0 Å². The maximum atomic E-state index is 12.9. The molecule has 1 aliphatic carbocycles. The van der Waals surface area contributed by atoms with Crippen molar-refractivity contribution in [3.8, 4) is 0 Å². The predicted octanol–water partition coefficient (Wildman–Crippen LogP) is 5.75. The van der Waals surface area contributed by atoms with Gasteiger partial charge in [-0.1, -0.05) is 42.5 Å². The third-order valence-corrected chi connectivity index (χ3v) is 6.60. The normalized spacial score (nSPS) is 13.9. The minimum atomic E-state index is -0.483. The molecule has 1 heterocycles. The van der Waals surface area contributed by atoms with E-state index in [4.69, 9.17) is 0 Å². The van der Waals surface area contributed by atoms with Crippen molar-refractivity contribution in [2.75, 3.05) is 11.4 Å². The van der Waals surface area contributed by atoms with E-state index >= 15 is 0 Å². The van der Waals surface area contributed by atoms with E-state index in [2.05, 4.69) is 65.1 Å². The minimum Gasteiger partial charge on any atom is -0.327 e. The van der Waals surface area contributed by atoms with Crippen molar-refractivity contribution in [3.63, 3.8) is 0 Å². The molecule has 0 atom stereocenters. The number of anilines is 2. The quantitative estimate of drug-likeness (QED) is 0.466. The van der Waals surface area contributed by atoms with Crippen LogP contribution in [0.3, 0.4) is 0 Å². The molecule has 5 heteroatoms. The molecule has 172 valence electrons. The van der Waals surface area contributed by atoms with Crippen LogP contribution in [0.5, 0.6) is 0 Å². The summed E-state index contributed by atoms with van der Waals surface area (Å²) < 4.78 is 0. The fourth-order valence-electron chi connectivity index (χ4n) is 4.61. The Morgan fingerprint density at radius 1 is 1.06 bits per heavy atom. The van der Waals surface area contributed by atoms with Gasteiger partial charge in [0, 0.05) is 12.2 Å². The fourth-order valence-corrected chi connectivity index (χ4v) is 4.61. The number of aromatic nitrogens is 2. The van der Waals surface area contributed by atoms with Crippen molar-refractivity contribution in [1.29, 1.82) is 0 Å². The van der Waals surface area contributed by atoms with Crippen molar-refractivity contribution in [3.05, 3.63) is 97.2 Å². The van der Waals surface area contributed by atoms with Crippen LogP contribution in [0.1, 0.15) is 66.8 Å². The van der Waals surface area contributed by atoms with E-state index in [1.807, 2.05) is 26.0 Å². The average Bonchev–Trinajstić information content (AvgIpc) is 3.62. The SMILES string of the molecule is CC=C(C)c1c(N(CCCc2ccccc2)c2cc(C3CC3)c(C)cc2C)[nH]c(=O)[nH]c1=O. The number of benzene rings is 2. The summed E-state index contributed by atoms with van der Waals surface area (Å²) in [4.78, 5) is 32.8. The van der Waals surface area contributed by atoms with E-state index in [0.717, 1.165) is 29.7 Å². The molecule has 0 amide bonds. The van der Waals surface area contributed by atoms with Gasteiger partial charge in [-0.2, -0.15) is 0 Å². The Hall–Kier alpha value is -3.34. The molecule has 0 saturated heterocycles. The first-order valence-corrected chi connectivity index (χ1v) is 11.8. The first-order chi connectivity index (χ1) is 15.9. The molecule has 0 aliphatic heterocycles. The summed E-state index contributed by atoms with van der Waals surface area (Å²) >= 11 is 0. The summed E-state index contributed by atoms with van der Waals surface area (Å²) in [5.74, 6) is 1.19. The van der Waals surface area contributed by atoms with Gasteiger partial charge in [0.05, 0.1) is 5.56 Å². The van der Waals surface area contributed by atoms with Gasteiger partial charge in [0.15, 0.2) is 0 Å². The van der Waals surface area contributed by atoms with Gasteiger partial charge >= 0.3 is 5.69 Å². The van der Waals surface area contributed by atoms with Crippen LogP contribution in [-0.4, -0.2) is 16.5 Å². The summed E-state index contributed by atoms with van der Waals surface area (Å²) in [6.07, 6.45) is 6.17. The zero-order valence-electron chi connectivity index (χ0n) is 20.0. The van der Waals surface area contributed by atoms with Crippen LogP contribution in [0, 0.1) is 13.8 Å². The molecular weight excluding hydrogens is 410 g/mol. The maximum Gasteiger partial charge on any atom is 0.327 e. The molecule has 1 aliphatic rings. The highest BCUT2D eigenvalue weighted by atomic mass is 16.2. The monoisotopic (exact) mass is 443 g/mol. The molecule has 2 N–H and O–H groups in total. The molecule has 1 fully saturated rings. The van der Waals surface area contributed by atoms with Crippen LogP contribution in [-0.2, 0) is 6.42 Å². The zero-order valence-corrected chi connectivity index (χ0v) is 20.0. The molecule has 0 bridgehead atoms. The Balaban J connectivity index is 1.82. The predicted molar refractivity (Wildman–Crippen MR) is 137 cm³/mol. The van der Waals surface area contributed by atoms with Crippen molar-refractivity contribution in [2.24, 2.45) is 0 Å². The fraction of sp³-hybridized carbons (Fsp3) is 0.357. The largest absolute Gasteiger partial charge is 0.327 e. The number of nitrogens with one attached hydrogen (secondary N) is 2. The first-order valence-electron chi connectivity index (χ1n) is 11.8. The van der Waals surface area contributed by atoms with E-state index in [0.29, 0.717) is 23.8 Å². The highest BCUT2D eigenvalue weighted by Crippen LogP contribution is 2.44. The van der Waals surface area contributed by atoms with Gasteiger partial charge in [0.2, 0.25) is 0 Å². The lowest BCUT2D eigenvalue weighted by atomic mass is 9.98. The molecule has 0 spiro atoms. The standard InChI is InChI=1S/C28H33N3O2/c1-5-18(2)25-26(29-28(33)30-27(25)32)31(15-9-12-21-10-7-6-8-11-21)24-17-23(22-13-14-22)19(3)16-20(24)4/h5-8,10-11,16-17,22H,9,12-15H2,1-4H3,(H2,29,30,32,33). The summed E-state index contributed by atoms with van der Waals surface area (Å²) in [5, 5.41) is 0. The van der Waals surface area contributed by atoms with Crippen LogP contribution in [0.25, 0.3) is 5.57 Å². The number of rotatable bonds is 8. The Labute approximate surface area is 195 Å². The molecule has 1 aromatic heterocycles. The van der Waals surface area contributed by atoms with Crippen LogP contribution in [0.4, 0.5) is 11.5 Å². The van der Waals surface area contributed by atoms with E-state index in [-0.39, 0.29) is 5.56 Å². The van der Waals surface area contributed by atoms with Gasteiger partial charge in [-0.25, -0.2) is 4.79 Å². The van der Waals surface area contributed by atoms with E-state index in [1.165, 1.54) is 29.5 Å². The number of aromatic amines is 2. The van der Waals surface area contributed by atoms with Gasteiger partial charge in [0.25, 0.3) is 5.56 Å². The Bertz CT molecular complexity index is 1280. The van der Waals surface area contributed by atoms with Crippen molar-refractivity contribution < 1.29 is 0 Å². The van der Waals surface area contributed by atoms with Crippen molar-refractivity contribution in [1.82, 2.24) is 9.97 Å². The van der Waals surface area contributed by atoms with Crippen molar-refractivity contribution >= 4 is 17.1 Å². The number of nitrogens with zero attached hydrogens (tertiary/aromatic N) is 1. The molecule has 4 rings (SSSR count). The highest BCUT2D eigenvalue weighted by Gasteiger charge is 2.27. The summed E-state index contributed by atoms with van der Waals surface area (Å²) in [5.41, 5.74) is 6.68. The number of hydrogen-bond donors (Lipinski definition) is 2. The van der Waals surface area contributed by atoms with Gasteiger partial charge in [-0.05, 0) is 93.2 Å². The van der Waals surface area contributed by atoms with Gasteiger partial charge in [-0.15, -0.1) is 0 Å². The van der Waals surface area contributed by atoms with Gasteiger partial charge in [0.1, 0.15) is 5.82 Å². The Morgan fingerprint density at radius 3 is 2.45 bits per heavy atom. The lowest BCUT2D eigenvalue weighted by Crippen LogP contribution is -2.32. The van der Waals surface area contributed by atoms with E-state index < -0.39 is 5.69 Å². The van der Waals surface area contributed by atoms with Gasteiger partial charge in [-0.3, -0.25) is 14.8 Å². The summed E-state index contributed by atoms with van der Waals surface area (Å²) in [7, 11) is 0. The summed E-state index contributed by atoms with van der Waals surface area (Å²) in [6, 6.07) is 14.9. The first kappa shape index (κ1) is 22.8. The third-order valence-electron chi connectivity index (χ3n) is 6.60. The summed E-state index contributed by atoms with van der Waals surface area (Å²) in [6.45, 7) is 8.79. The van der Waals surface area contributed by atoms with E-state index in [9.17, 15) is 9.59 Å². The maximum absolute atomic E-state index is 12.9. The van der Waals surface area contributed by atoms with Crippen LogP contribution in [0.15, 0.2) is 58.1 Å². The van der Waals surface area contributed by atoms with E-state index in [1.54, 1.807) is 0 Å². The molecule has 0 radical (unpaired) electrons. The molecule has 2 aromatic carbocycles. The lowest BCUT2D eigenvalue weighted by molar-refractivity contribution is 0.790. The second kappa shape index (κ2) is 9.65. The minimum absolute atomic E-state index is 0.357. The Kier molecular flexibility index (Phi) is 6.68. The number of H-pyrrole nitrogens is 2. The number of hydrogen-bond acceptors (Lipinski definition) is 3. The second-order valence-corrected chi connectivity index (χ2v) is 9.11. The topological polar surface area (TPSA) is 69.0 Å². The van der Waals surface area contributed by atoms with Crippen LogP contribution in [0.2, 0.25) is 0 Å². The lowest BCUT2D eigenvalue weighted by Gasteiger charge is -2.29. The average molecular weight is 444 g/mol. The molecule has 1 saturated carbocycles. The smallest absolute Gasteiger partial charge is 0.327 e. The molecule has 33 heavy (non-hydrogen) atoms. The number of aryl methyl sites for hydroxylation is 3. The van der Waals surface area contributed by atoms with Crippen molar-refractivity contribution in [2.45, 2.75) is 59.3 Å². The second-order valence-electron chi connectivity index (χ2n) is 9.11. The zero-order chi connectivity index (χ0) is 23.5. The van der Waals surface area contributed by atoms with Gasteiger partial charge < -0.3 is 4.90 Å². The molecule has 0 unspecified atom stereocenters. The third kappa shape index (κ3) is 5.03.